The van der Waals surface area contributed by atoms with Crippen LogP contribution >= 0.6 is 11.8 Å². The van der Waals surface area contributed by atoms with Gasteiger partial charge in [-0.1, -0.05) is 29.8 Å². The van der Waals surface area contributed by atoms with E-state index in [-0.39, 0.29) is 11.7 Å². The zero-order valence-electron chi connectivity index (χ0n) is 13.8. The quantitative estimate of drug-likeness (QED) is 0.607. The second kappa shape index (κ2) is 8.35. The third kappa shape index (κ3) is 6.37. The first-order chi connectivity index (χ1) is 11.3. The van der Waals surface area contributed by atoms with Crippen LogP contribution in [0.5, 0.6) is 0 Å². The summed E-state index contributed by atoms with van der Waals surface area (Å²) < 4.78 is 22.7. The lowest BCUT2D eigenvalue weighted by atomic mass is 10.1. The molecule has 0 fully saturated rings. The summed E-state index contributed by atoms with van der Waals surface area (Å²) in [6.07, 6.45) is 1.18. The van der Waals surface area contributed by atoms with Gasteiger partial charge in [-0.3, -0.25) is 4.79 Å². The molecule has 1 N–H and O–H groups in total. The second-order valence-electron chi connectivity index (χ2n) is 5.69. The van der Waals surface area contributed by atoms with Crippen LogP contribution in [-0.2, 0) is 15.6 Å². The van der Waals surface area contributed by atoms with Crippen LogP contribution in [-0.4, -0.2) is 32.9 Å². The van der Waals surface area contributed by atoms with Crippen LogP contribution in [0.1, 0.15) is 21.5 Å². The van der Waals surface area contributed by atoms with Gasteiger partial charge in [0, 0.05) is 29.0 Å². The van der Waals surface area contributed by atoms with E-state index in [1.807, 2.05) is 6.92 Å². The van der Waals surface area contributed by atoms with E-state index in [2.05, 4.69) is 29.6 Å². The van der Waals surface area contributed by atoms with E-state index in [0.29, 0.717) is 17.7 Å². The molecule has 0 heterocycles. The summed E-state index contributed by atoms with van der Waals surface area (Å²) in [4.78, 5) is 13.3. The van der Waals surface area contributed by atoms with E-state index in [0.717, 1.165) is 5.75 Å². The lowest BCUT2D eigenvalue weighted by Gasteiger charge is -2.07. The van der Waals surface area contributed by atoms with Gasteiger partial charge in [-0.25, -0.2) is 8.42 Å². The minimum atomic E-state index is -3.11. The summed E-state index contributed by atoms with van der Waals surface area (Å²) >= 11 is 1.68. The van der Waals surface area contributed by atoms with E-state index in [1.54, 1.807) is 36.0 Å². The maximum Gasteiger partial charge on any atom is 0.251 e. The Labute approximate surface area is 147 Å². The van der Waals surface area contributed by atoms with Gasteiger partial charge >= 0.3 is 0 Å². The highest BCUT2D eigenvalue weighted by Crippen LogP contribution is 2.17. The first-order valence-corrected chi connectivity index (χ1v) is 10.6. The lowest BCUT2D eigenvalue weighted by molar-refractivity contribution is 0.0956. The molecule has 0 saturated carbocycles. The molecule has 2 rings (SSSR count). The Morgan fingerprint density at radius 1 is 1.12 bits per heavy atom. The average molecular weight is 364 g/mol. The lowest BCUT2D eigenvalue weighted by Crippen LogP contribution is -2.25. The van der Waals surface area contributed by atoms with E-state index in [9.17, 15) is 13.2 Å². The van der Waals surface area contributed by atoms with E-state index in [4.69, 9.17) is 0 Å². The molecule has 6 heteroatoms. The van der Waals surface area contributed by atoms with Gasteiger partial charge in [-0.05, 0) is 36.8 Å². The number of carbonyl (C=O) groups excluding carboxylic acids is 1. The smallest absolute Gasteiger partial charge is 0.251 e. The van der Waals surface area contributed by atoms with Crippen molar-refractivity contribution in [2.24, 2.45) is 0 Å². The number of carbonyl (C=O) groups is 1. The Morgan fingerprint density at radius 2 is 1.83 bits per heavy atom. The zero-order valence-corrected chi connectivity index (χ0v) is 15.4. The number of aryl methyl sites for hydroxylation is 1. The Balaban J connectivity index is 1.84. The van der Waals surface area contributed by atoms with Gasteiger partial charge in [0.25, 0.3) is 5.91 Å². The molecule has 0 spiro atoms. The van der Waals surface area contributed by atoms with Gasteiger partial charge in [0.2, 0.25) is 0 Å². The maximum atomic E-state index is 12.1. The Bertz CT molecular complexity index is 799. The molecule has 4 nitrogen and oxygen atoms in total. The molecule has 0 atom stereocenters. The monoisotopic (exact) mass is 363 g/mol. The minimum absolute atomic E-state index is 0.0581. The summed E-state index contributed by atoms with van der Waals surface area (Å²) in [7, 11) is -3.11. The van der Waals surface area contributed by atoms with Crippen LogP contribution in [0.4, 0.5) is 0 Å². The van der Waals surface area contributed by atoms with Gasteiger partial charge in [0.15, 0.2) is 9.84 Å². The summed E-state index contributed by atoms with van der Waals surface area (Å²) in [6, 6.07) is 15.0. The molecule has 0 aromatic heterocycles. The van der Waals surface area contributed by atoms with Crippen molar-refractivity contribution in [3.8, 4) is 0 Å². The fraction of sp³-hybridized carbons (Fsp3) is 0.278. The standard InChI is InChI=1S/C18H21NO3S2/c1-14-6-8-17(9-7-14)23-11-10-19-18(20)16-5-3-4-15(12-16)13-24(2,21)22/h3-9,12H,10-11,13H2,1-2H3,(H,19,20). The number of rotatable bonds is 7. The first kappa shape index (κ1) is 18.5. The number of benzene rings is 2. The molecule has 1 amide bonds. The molecule has 0 aliphatic heterocycles. The molecule has 24 heavy (non-hydrogen) atoms. The minimum Gasteiger partial charge on any atom is -0.351 e. The van der Waals surface area contributed by atoms with E-state index >= 15 is 0 Å². The van der Waals surface area contributed by atoms with Crippen LogP contribution in [0.15, 0.2) is 53.4 Å². The van der Waals surface area contributed by atoms with Crippen LogP contribution in [0.2, 0.25) is 0 Å². The summed E-state index contributed by atoms with van der Waals surface area (Å²) in [5, 5.41) is 2.86. The molecular weight excluding hydrogens is 342 g/mol. The van der Waals surface area contributed by atoms with Gasteiger partial charge in [-0.15, -0.1) is 11.8 Å². The van der Waals surface area contributed by atoms with Crippen molar-refractivity contribution >= 4 is 27.5 Å². The predicted octanol–water partition coefficient (Wildman–Crippen LogP) is 3.06. The van der Waals surface area contributed by atoms with Crippen molar-refractivity contribution in [2.45, 2.75) is 17.6 Å². The second-order valence-corrected chi connectivity index (χ2v) is 9.00. The number of nitrogens with one attached hydrogen (secondary N) is 1. The van der Waals surface area contributed by atoms with Crippen molar-refractivity contribution in [1.82, 2.24) is 5.32 Å². The number of hydrogen-bond donors (Lipinski definition) is 1. The molecule has 128 valence electrons. The van der Waals surface area contributed by atoms with Crippen LogP contribution in [0.25, 0.3) is 0 Å². The zero-order chi connectivity index (χ0) is 17.6. The summed E-state index contributed by atoms with van der Waals surface area (Å²) in [6.45, 7) is 2.60. The normalized spacial score (nSPS) is 11.2. The predicted molar refractivity (Wildman–Crippen MR) is 99.2 cm³/mol. The first-order valence-electron chi connectivity index (χ1n) is 7.58. The van der Waals surface area contributed by atoms with Crippen LogP contribution < -0.4 is 5.32 Å². The van der Waals surface area contributed by atoms with E-state index in [1.165, 1.54) is 16.7 Å². The third-order valence-electron chi connectivity index (χ3n) is 3.30. The SMILES string of the molecule is Cc1ccc(SCCNC(=O)c2cccc(CS(C)(=O)=O)c2)cc1. The van der Waals surface area contributed by atoms with Gasteiger partial charge in [0.05, 0.1) is 5.75 Å². The third-order valence-corrected chi connectivity index (χ3v) is 5.17. The molecule has 2 aromatic rings. The molecule has 2 aromatic carbocycles. The largest absolute Gasteiger partial charge is 0.351 e. The van der Waals surface area contributed by atoms with E-state index < -0.39 is 9.84 Å². The number of sulfone groups is 1. The highest BCUT2D eigenvalue weighted by atomic mass is 32.2. The summed E-state index contributed by atoms with van der Waals surface area (Å²) in [5.41, 5.74) is 2.33. The Kier molecular flexibility index (Phi) is 6.45. The number of amides is 1. The fourth-order valence-corrected chi connectivity index (χ4v) is 3.73. The van der Waals surface area contributed by atoms with Crippen LogP contribution in [0, 0.1) is 6.92 Å². The molecule has 0 unspecified atom stereocenters. The number of thioether (sulfide) groups is 1. The van der Waals surface area contributed by atoms with Crippen molar-refractivity contribution in [2.75, 3.05) is 18.6 Å². The van der Waals surface area contributed by atoms with Crippen molar-refractivity contribution in [3.05, 3.63) is 65.2 Å². The van der Waals surface area contributed by atoms with Gasteiger partial charge in [0.1, 0.15) is 0 Å². The highest BCUT2D eigenvalue weighted by molar-refractivity contribution is 7.99. The molecule has 0 bridgehead atoms. The maximum absolute atomic E-state index is 12.1. The molecule has 0 aliphatic rings. The van der Waals surface area contributed by atoms with Crippen molar-refractivity contribution < 1.29 is 13.2 Å². The van der Waals surface area contributed by atoms with Gasteiger partial charge in [-0.2, -0.15) is 0 Å². The molecule has 0 aliphatic carbocycles. The summed E-state index contributed by atoms with van der Waals surface area (Å²) in [5.74, 6) is 0.532. The van der Waals surface area contributed by atoms with Crippen LogP contribution in [0.3, 0.4) is 0 Å². The highest BCUT2D eigenvalue weighted by Gasteiger charge is 2.09. The molecule has 0 radical (unpaired) electrons. The van der Waals surface area contributed by atoms with Crippen molar-refractivity contribution in [1.29, 1.82) is 0 Å². The average Bonchev–Trinajstić information content (AvgIpc) is 2.51. The van der Waals surface area contributed by atoms with Crippen molar-refractivity contribution in [3.63, 3.8) is 0 Å². The topological polar surface area (TPSA) is 63.2 Å². The number of hydrogen-bond acceptors (Lipinski definition) is 4. The molecule has 0 saturated heterocycles. The Hall–Kier alpha value is -1.79. The molecular formula is C18H21NO3S2. The Morgan fingerprint density at radius 3 is 2.50 bits per heavy atom. The van der Waals surface area contributed by atoms with Gasteiger partial charge < -0.3 is 5.32 Å². The fourth-order valence-electron chi connectivity index (χ4n) is 2.18.